The van der Waals surface area contributed by atoms with Gasteiger partial charge in [0, 0.05) is 12.7 Å². The normalized spacial score (nSPS) is 13.5. The maximum atomic E-state index is 5.45. The third-order valence-electron chi connectivity index (χ3n) is 1.52. The highest BCUT2D eigenvalue weighted by Gasteiger charge is 2.00. The maximum absolute atomic E-state index is 5.45. The number of nitrogens with two attached hydrogens (primary N) is 1. The number of aromatic nitrogens is 2. The molecule has 2 N–H and O–H groups in total. The molecular weight excluding hydrogens is 126 g/mol. The van der Waals surface area contributed by atoms with E-state index >= 15 is 0 Å². The summed E-state index contributed by atoms with van der Waals surface area (Å²) in [7, 11) is 0. The van der Waals surface area contributed by atoms with Crippen molar-refractivity contribution in [3.05, 3.63) is 18.0 Å². The zero-order valence-corrected chi connectivity index (χ0v) is 6.41. The number of nitrogens with zero attached hydrogens (tertiary/aromatic N) is 2. The van der Waals surface area contributed by atoms with Gasteiger partial charge in [-0.15, -0.1) is 0 Å². The molecule has 0 amide bonds. The van der Waals surface area contributed by atoms with Crippen LogP contribution in [-0.4, -0.2) is 16.3 Å². The molecule has 0 spiro atoms. The van der Waals surface area contributed by atoms with Crippen molar-refractivity contribution in [2.24, 2.45) is 5.73 Å². The van der Waals surface area contributed by atoms with Crippen LogP contribution in [-0.2, 0) is 0 Å². The van der Waals surface area contributed by atoms with Crippen molar-refractivity contribution in [1.82, 2.24) is 9.78 Å². The van der Waals surface area contributed by atoms with E-state index in [0.29, 0.717) is 12.6 Å². The van der Waals surface area contributed by atoms with Crippen LogP contribution in [0.5, 0.6) is 0 Å². The van der Waals surface area contributed by atoms with Crippen molar-refractivity contribution in [1.29, 1.82) is 0 Å². The monoisotopic (exact) mass is 139 g/mol. The molecule has 3 heteroatoms. The Balaban J connectivity index is 2.74. The predicted molar refractivity (Wildman–Crippen MR) is 40.7 cm³/mol. The summed E-state index contributed by atoms with van der Waals surface area (Å²) in [5.74, 6) is 0. The minimum absolute atomic E-state index is 0.314. The van der Waals surface area contributed by atoms with E-state index in [2.05, 4.69) is 5.10 Å². The second-order valence-corrected chi connectivity index (χ2v) is 2.58. The molecule has 0 saturated heterocycles. The third kappa shape index (κ3) is 1.36. The Labute approximate surface area is 60.8 Å². The molecule has 0 aliphatic heterocycles. The summed E-state index contributed by atoms with van der Waals surface area (Å²) >= 11 is 0. The van der Waals surface area contributed by atoms with Gasteiger partial charge < -0.3 is 5.73 Å². The van der Waals surface area contributed by atoms with Gasteiger partial charge in [-0.25, -0.2) is 0 Å². The molecule has 0 fully saturated rings. The smallest absolute Gasteiger partial charge is 0.0613 e. The highest BCUT2D eigenvalue weighted by atomic mass is 15.3. The number of rotatable bonds is 2. The predicted octanol–water partition coefficient (Wildman–Crippen LogP) is 0.711. The van der Waals surface area contributed by atoms with Crippen LogP contribution < -0.4 is 5.73 Å². The van der Waals surface area contributed by atoms with E-state index in [1.165, 1.54) is 5.56 Å². The minimum atomic E-state index is 0.314. The quantitative estimate of drug-likeness (QED) is 0.655. The van der Waals surface area contributed by atoms with Crippen molar-refractivity contribution in [3.8, 4) is 0 Å². The lowest BCUT2D eigenvalue weighted by atomic mass is 10.3. The summed E-state index contributed by atoms with van der Waals surface area (Å²) in [5.41, 5.74) is 6.63. The summed E-state index contributed by atoms with van der Waals surface area (Å²) < 4.78 is 1.88. The summed E-state index contributed by atoms with van der Waals surface area (Å²) in [6.07, 6.45) is 3.84. The Morgan fingerprint density at radius 2 is 2.50 bits per heavy atom. The van der Waals surface area contributed by atoms with Gasteiger partial charge in [0.25, 0.3) is 0 Å². The van der Waals surface area contributed by atoms with E-state index < -0.39 is 0 Å². The van der Waals surface area contributed by atoms with Crippen LogP contribution in [0.15, 0.2) is 12.4 Å². The molecule has 0 radical (unpaired) electrons. The molecule has 1 unspecified atom stereocenters. The van der Waals surface area contributed by atoms with Crippen LogP contribution >= 0.6 is 0 Å². The Kier molecular flexibility index (Phi) is 2.06. The van der Waals surface area contributed by atoms with Crippen molar-refractivity contribution in [2.45, 2.75) is 19.9 Å². The molecule has 1 rings (SSSR count). The maximum Gasteiger partial charge on any atom is 0.0613 e. The van der Waals surface area contributed by atoms with Crippen molar-refractivity contribution in [3.63, 3.8) is 0 Å². The van der Waals surface area contributed by atoms with Gasteiger partial charge in [-0.05, 0) is 19.4 Å². The van der Waals surface area contributed by atoms with Gasteiger partial charge in [0.15, 0.2) is 0 Å². The van der Waals surface area contributed by atoms with Crippen molar-refractivity contribution >= 4 is 0 Å². The minimum Gasteiger partial charge on any atom is -0.328 e. The van der Waals surface area contributed by atoms with E-state index in [4.69, 9.17) is 5.73 Å². The molecule has 0 aliphatic carbocycles. The molecule has 56 valence electrons. The van der Waals surface area contributed by atoms with Gasteiger partial charge in [-0.2, -0.15) is 5.10 Å². The average Bonchev–Trinajstić information content (AvgIpc) is 2.34. The van der Waals surface area contributed by atoms with Gasteiger partial charge in [0.05, 0.1) is 12.2 Å². The van der Waals surface area contributed by atoms with Crippen molar-refractivity contribution < 1.29 is 0 Å². The van der Waals surface area contributed by atoms with Crippen LogP contribution in [0.25, 0.3) is 0 Å². The van der Waals surface area contributed by atoms with Gasteiger partial charge in [-0.1, -0.05) is 0 Å². The fourth-order valence-corrected chi connectivity index (χ4v) is 0.782. The fraction of sp³-hybridized carbons (Fsp3) is 0.571. The van der Waals surface area contributed by atoms with Gasteiger partial charge in [-0.3, -0.25) is 4.68 Å². The Hall–Kier alpha value is -0.830. The number of hydrogen-bond acceptors (Lipinski definition) is 2. The summed E-state index contributed by atoms with van der Waals surface area (Å²) in [4.78, 5) is 0. The Morgan fingerprint density at radius 3 is 2.90 bits per heavy atom. The number of aryl methyl sites for hydroxylation is 1. The second kappa shape index (κ2) is 2.84. The molecule has 1 heterocycles. The zero-order chi connectivity index (χ0) is 7.56. The molecule has 10 heavy (non-hydrogen) atoms. The highest BCUT2D eigenvalue weighted by molar-refractivity contribution is 5.00. The molecule has 3 nitrogen and oxygen atoms in total. The van der Waals surface area contributed by atoms with Gasteiger partial charge in [0.1, 0.15) is 0 Å². The van der Waals surface area contributed by atoms with Crippen LogP contribution in [0.4, 0.5) is 0 Å². The van der Waals surface area contributed by atoms with Gasteiger partial charge in [0.2, 0.25) is 0 Å². The Bertz CT molecular complexity index is 204. The zero-order valence-electron chi connectivity index (χ0n) is 6.41. The van der Waals surface area contributed by atoms with Crippen LogP contribution in [0.2, 0.25) is 0 Å². The van der Waals surface area contributed by atoms with Crippen LogP contribution in [0.3, 0.4) is 0 Å². The van der Waals surface area contributed by atoms with Gasteiger partial charge >= 0.3 is 0 Å². The first-order chi connectivity index (χ1) is 4.74. The summed E-state index contributed by atoms with van der Waals surface area (Å²) in [6, 6.07) is 0.314. The molecule has 0 aromatic carbocycles. The highest BCUT2D eigenvalue weighted by Crippen LogP contribution is 2.02. The first kappa shape index (κ1) is 7.28. The fourth-order valence-electron chi connectivity index (χ4n) is 0.782. The molecule has 1 aromatic rings. The van der Waals surface area contributed by atoms with Crippen LogP contribution in [0, 0.1) is 6.92 Å². The van der Waals surface area contributed by atoms with Crippen molar-refractivity contribution in [2.75, 3.05) is 6.54 Å². The summed E-state index contributed by atoms with van der Waals surface area (Å²) in [6.45, 7) is 4.71. The van der Waals surface area contributed by atoms with E-state index in [1.807, 2.05) is 30.9 Å². The molecule has 1 atom stereocenters. The Morgan fingerprint density at radius 1 is 1.80 bits per heavy atom. The molecule has 0 aliphatic rings. The SMILES string of the molecule is Cc1cnn(C(C)CN)c1. The largest absolute Gasteiger partial charge is 0.328 e. The number of hydrogen-bond donors (Lipinski definition) is 1. The molecule has 1 aromatic heterocycles. The second-order valence-electron chi connectivity index (χ2n) is 2.58. The van der Waals surface area contributed by atoms with E-state index in [-0.39, 0.29) is 0 Å². The first-order valence-electron chi connectivity index (χ1n) is 3.45. The van der Waals surface area contributed by atoms with E-state index in [9.17, 15) is 0 Å². The molecule has 0 bridgehead atoms. The topological polar surface area (TPSA) is 43.8 Å². The average molecular weight is 139 g/mol. The molecule has 0 saturated carbocycles. The van der Waals surface area contributed by atoms with Crippen LogP contribution in [0.1, 0.15) is 18.5 Å². The lowest BCUT2D eigenvalue weighted by Crippen LogP contribution is -2.16. The summed E-state index contributed by atoms with van der Waals surface area (Å²) in [5, 5.41) is 4.12. The standard InChI is InChI=1S/C7H13N3/c1-6-4-9-10(5-6)7(2)3-8/h4-5,7H,3,8H2,1-2H3. The first-order valence-corrected chi connectivity index (χ1v) is 3.45. The molecular formula is C7H13N3. The third-order valence-corrected chi connectivity index (χ3v) is 1.52. The van der Waals surface area contributed by atoms with E-state index in [0.717, 1.165) is 0 Å². The lowest BCUT2D eigenvalue weighted by molar-refractivity contribution is 0.500. The van der Waals surface area contributed by atoms with E-state index in [1.54, 1.807) is 0 Å². The lowest BCUT2D eigenvalue weighted by Gasteiger charge is -2.07.